The fraction of sp³-hybridized carbons (Fsp3) is 0.636. The molecule has 0 atom stereocenters. The Morgan fingerprint density at radius 3 is 2.38 bits per heavy atom. The van der Waals surface area contributed by atoms with E-state index in [4.69, 9.17) is 4.98 Å². The topological polar surface area (TPSA) is 48.4 Å². The van der Waals surface area contributed by atoms with Crippen LogP contribution in [0, 0.1) is 6.92 Å². The van der Waals surface area contributed by atoms with Gasteiger partial charge in [0.2, 0.25) is 5.95 Å². The van der Waals surface area contributed by atoms with Gasteiger partial charge in [0, 0.05) is 57.4 Å². The Bertz CT molecular complexity index is 795. The second-order valence-electron chi connectivity index (χ2n) is 8.62. The predicted octanol–water partition coefficient (Wildman–Crippen LogP) is 4.20. The standard InChI is InChI=1S/C22H33N6P/c1-17-13-20(29-22(25-17)28-9-5-4-6-10-28)19-7-11-27(12-8-19)16-18-14-23-21(24-15-18)26(2)3/h13-15,19H,4-12,16H2,1-3H3. The summed E-state index contributed by atoms with van der Waals surface area (Å²) < 4.78 is 0. The first-order valence-corrected chi connectivity index (χ1v) is 11.8. The van der Waals surface area contributed by atoms with E-state index < -0.39 is 0 Å². The summed E-state index contributed by atoms with van der Waals surface area (Å²) in [6.07, 6.45) is 10.4. The number of aromatic nitrogens is 3. The molecule has 0 bridgehead atoms. The van der Waals surface area contributed by atoms with Gasteiger partial charge in [-0.05, 0) is 77.6 Å². The van der Waals surface area contributed by atoms with E-state index >= 15 is 0 Å². The summed E-state index contributed by atoms with van der Waals surface area (Å²) in [5.74, 6) is 1.46. The molecule has 2 aromatic rings. The number of rotatable bonds is 5. The first-order valence-electron chi connectivity index (χ1n) is 10.9. The molecule has 29 heavy (non-hydrogen) atoms. The van der Waals surface area contributed by atoms with Crippen molar-refractivity contribution < 1.29 is 0 Å². The summed E-state index contributed by atoms with van der Waals surface area (Å²) in [7, 11) is 5.29. The molecule has 7 heteroatoms. The molecule has 0 aliphatic carbocycles. The van der Waals surface area contributed by atoms with Crippen LogP contribution >= 0.6 is 8.19 Å². The Balaban J connectivity index is 1.36. The average Bonchev–Trinajstić information content (AvgIpc) is 2.75. The molecule has 2 aromatic heterocycles. The van der Waals surface area contributed by atoms with Gasteiger partial charge in [0.25, 0.3) is 0 Å². The van der Waals surface area contributed by atoms with Gasteiger partial charge in [-0.1, -0.05) is 0 Å². The number of piperidine rings is 2. The number of hydrogen-bond acceptors (Lipinski definition) is 6. The highest BCUT2D eigenvalue weighted by molar-refractivity contribution is 7.35. The van der Waals surface area contributed by atoms with E-state index in [9.17, 15) is 0 Å². The molecule has 0 spiro atoms. The van der Waals surface area contributed by atoms with Crippen LogP contribution in [-0.2, 0) is 6.54 Å². The Morgan fingerprint density at radius 2 is 1.72 bits per heavy atom. The van der Waals surface area contributed by atoms with Crippen molar-refractivity contribution in [2.45, 2.75) is 51.5 Å². The van der Waals surface area contributed by atoms with Gasteiger partial charge >= 0.3 is 0 Å². The average molecular weight is 413 g/mol. The summed E-state index contributed by atoms with van der Waals surface area (Å²) >= 11 is 0. The van der Waals surface area contributed by atoms with Gasteiger partial charge in [-0.25, -0.2) is 15.0 Å². The molecule has 0 N–H and O–H groups in total. The van der Waals surface area contributed by atoms with Crippen molar-refractivity contribution in [2.75, 3.05) is 50.1 Å². The monoisotopic (exact) mass is 412 g/mol. The van der Waals surface area contributed by atoms with Crippen LogP contribution in [0.1, 0.15) is 54.6 Å². The highest BCUT2D eigenvalue weighted by atomic mass is 31.0. The van der Waals surface area contributed by atoms with Crippen LogP contribution in [0.5, 0.6) is 0 Å². The van der Waals surface area contributed by atoms with Crippen molar-refractivity contribution in [1.82, 2.24) is 19.9 Å². The fourth-order valence-corrected chi connectivity index (χ4v) is 5.80. The van der Waals surface area contributed by atoms with Crippen LogP contribution in [0.15, 0.2) is 18.5 Å². The molecule has 156 valence electrons. The summed E-state index contributed by atoms with van der Waals surface area (Å²) in [6.45, 7) is 7.75. The van der Waals surface area contributed by atoms with Crippen LogP contribution in [0.3, 0.4) is 0 Å². The normalized spacial score (nSPS) is 19.1. The summed E-state index contributed by atoms with van der Waals surface area (Å²) in [5, 5.41) is 1.58. The molecular formula is C22H33N6P. The SMILES string of the molecule is Cc1cc(C2CCN(Cc3cnc(N(C)C)nc3)CC2)pc(N2CCCCC2)n1. The van der Waals surface area contributed by atoms with Crippen LogP contribution in [0.25, 0.3) is 0 Å². The van der Waals surface area contributed by atoms with Crippen molar-refractivity contribution in [3.05, 3.63) is 35.0 Å². The first kappa shape index (κ1) is 20.5. The van der Waals surface area contributed by atoms with Gasteiger partial charge in [-0.3, -0.25) is 4.90 Å². The second-order valence-corrected chi connectivity index (χ2v) is 9.76. The van der Waals surface area contributed by atoms with Crippen LogP contribution in [0.4, 0.5) is 11.5 Å². The van der Waals surface area contributed by atoms with E-state index in [-0.39, 0.29) is 0 Å². The lowest BCUT2D eigenvalue weighted by atomic mass is 9.95. The maximum atomic E-state index is 4.88. The van der Waals surface area contributed by atoms with Crippen molar-refractivity contribution >= 4 is 19.7 Å². The van der Waals surface area contributed by atoms with Gasteiger partial charge in [-0.2, -0.15) is 0 Å². The van der Waals surface area contributed by atoms with Gasteiger partial charge in [-0.15, -0.1) is 0 Å². The Labute approximate surface area is 176 Å². The van der Waals surface area contributed by atoms with Crippen molar-refractivity contribution in [3.63, 3.8) is 0 Å². The number of hydrogen-bond donors (Lipinski definition) is 0. The summed E-state index contributed by atoms with van der Waals surface area (Å²) in [4.78, 5) is 20.8. The molecule has 4 rings (SSSR count). The van der Waals surface area contributed by atoms with Gasteiger partial charge < -0.3 is 9.80 Å². The number of likely N-dealkylation sites (tertiary alicyclic amines) is 1. The highest BCUT2D eigenvalue weighted by Gasteiger charge is 2.23. The third kappa shape index (κ3) is 5.23. The molecule has 2 fully saturated rings. The van der Waals surface area contributed by atoms with E-state index in [1.807, 2.05) is 31.4 Å². The second kappa shape index (κ2) is 9.36. The maximum absolute atomic E-state index is 4.88. The minimum atomic E-state index is 0.686. The zero-order valence-corrected chi connectivity index (χ0v) is 18.9. The molecule has 0 saturated carbocycles. The van der Waals surface area contributed by atoms with E-state index in [1.54, 1.807) is 5.30 Å². The minimum Gasteiger partial charge on any atom is -0.353 e. The van der Waals surface area contributed by atoms with Gasteiger partial charge in [0.15, 0.2) is 5.55 Å². The van der Waals surface area contributed by atoms with Crippen LogP contribution in [-0.4, -0.2) is 60.1 Å². The van der Waals surface area contributed by atoms with Crippen molar-refractivity contribution in [2.24, 2.45) is 0 Å². The first-order chi connectivity index (χ1) is 14.1. The molecule has 0 amide bonds. The highest BCUT2D eigenvalue weighted by Crippen LogP contribution is 2.38. The molecule has 2 aliphatic heterocycles. The fourth-order valence-electron chi connectivity index (χ4n) is 4.33. The molecule has 6 nitrogen and oxygen atoms in total. The molecule has 0 radical (unpaired) electrons. The lowest BCUT2D eigenvalue weighted by Gasteiger charge is -2.33. The number of anilines is 2. The zero-order chi connectivity index (χ0) is 20.2. The van der Waals surface area contributed by atoms with E-state index in [0.29, 0.717) is 5.92 Å². The molecule has 4 heterocycles. The minimum absolute atomic E-state index is 0.686. The third-order valence-electron chi connectivity index (χ3n) is 6.00. The van der Waals surface area contributed by atoms with Crippen molar-refractivity contribution in [1.29, 1.82) is 0 Å². The van der Waals surface area contributed by atoms with Gasteiger partial charge in [0.1, 0.15) is 0 Å². The Morgan fingerprint density at radius 1 is 1.03 bits per heavy atom. The van der Waals surface area contributed by atoms with Crippen LogP contribution in [0.2, 0.25) is 0 Å². The quantitative estimate of drug-likeness (QED) is 0.734. The molecule has 0 unspecified atom stereocenters. The predicted molar refractivity (Wildman–Crippen MR) is 121 cm³/mol. The van der Waals surface area contributed by atoms with Crippen molar-refractivity contribution in [3.8, 4) is 0 Å². The largest absolute Gasteiger partial charge is 0.353 e. The zero-order valence-electron chi connectivity index (χ0n) is 18.0. The van der Waals surface area contributed by atoms with E-state index in [0.717, 1.165) is 25.6 Å². The lowest BCUT2D eigenvalue weighted by Crippen LogP contribution is -2.32. The van der Waals surface area contributed by atoms with Gasteiger partial charge in [0.05, 0.1) is 0 Å². The number of aryl methyl sites for hydroxylation is 1. The molecular weight excluding hydrogens is 379 g/mol. The molecule has 2 saturated heterocycles. The van der Waals surface area contributed by atoms with Crippen LogP contribution < -0.4 is 9.80 Å². The van der Waals surface area contributed by atoms with E-state index in [2.05, 4.69) is 32.8 Å². The maximum Gasteiger partial charge on any atom is 0.224 e. The summed E-state index contributed by atoms with van der Waals surface area (Å²) in [5.41, 5.74) is 3.67. The molecule has 2 aliphatic rings. The lowest BCUT2D eigenvalue weighted by molar-refractivity contribution is 0.205. The Hall–Kier alpha value is -1.78. The third-order valence-corrected chi connectivity index (χ3v) is 7.34. The molecule has 0 aromatic carbocycles. The number of nitrogens with zero attached hydrogens (tertiary/aromatic N) is 6. The Kier molecular flexibility index (Phi) is 6.61. The van der Waals surface area contributed by atoms with E-state index in [1.165, 1.54) is 70.2 Å². The summed E-state index contributed by atoms with van der Waals surface area (Å²) in [6, 6.07) is 2.35. The smallest absolute Gasteiger partial charge is 0.224 e.